The Morgan fingerprint density at radius 1 is 1.50 bits per heavy atom. The third-order valence-corrected chi connectivity index (χ3v) is 4.11. The maximum Gasteiger partial charge on any atom is 0.254 e. The molecule has 6 heteroatoms. The van der Waals surface area contributed by atoms with Crippen molar-refractivity contribution in [2.24, 2.45) is 5.92 Å². The number of benzene rings is 1. The SMILES string of the molecule is CCOc1c(Cl)cc(C(=O)N2CCC(CNC)C2)cc1OC. The molecule has 0 aliphatic carbocycles. The highest BCUT2D eigenvalue weighted by molar-refractivity contribution is 6.32. The number of halogens is 1. The summed E-state index contributed by atoms with van der Waals surface area (Å²) in [7, 11) is 3.48. The van der Waals surface area contributed by atoms with E-state index in [9.17, 15) is 4.79 Å². The third kappa shape index (κ3) is 3.65. The van der Waals surface area contributed by atoms with E-state index in [1.807, 2.05) is 18.9 Å². The minimum atomic E-state index is -0.0122. The zero-order chi connectivity index (χ0) is 16.1. The van der Waals surface area contributed by atoms with Gasteiger partial charge in [-0.15, -0.1) is 0 Å². The fourth-order valence-corrected chi connectivity index (χ4v) is 3.05. The molecule has 22 heavy (non-hydrogen) atoms. The van der Waals surface area contributed by atoms with Crippen LogP contribution in [0.15, 0.2) is 12.1 Å². The minimum Gasteiger partial charge on any atom is -0.493 e. The Balaban J connectivity index is 2.18. The molecular formula is C16H23ClN2O3. The number of nitrogens with one attached hydrogen (secondary N) is 1. The van der Waals surface area contributed by atoms with Gasteiger partial charge in [0.1, 0.15) is 0 Å². The van der Waals surface area contributed by atoms with Crippen LogP contribution in [0.25, 0.3) is 0 Å². The number of rotatable bonds is 6. The molecule has 0 radical (unpaired) electrons. The van der Waals surface area contributed by atoms with Gasteiger partial charge in [-0.05, 0) is 45.0 Å². The van der Waals surface area contributed by atoms with Crippen molar-refractivity contribution in [3.63, 3.8) is 0 Å². The highest BCUT2D eigenvalue weighted by Gasteiger charge is 2.27. The van der Waals surface area contributed by atoms with E-state index in [2.05, 4.69) is 5.32 Å². The maximum atomic E-state index is 12.6. The zero-order valence-corrected chi connectivity index (χ0v) is 14.1. The van der Waals surface area contributed by atoms with E-state index in [4.69, 9.17) is 21.1 Å². The summed E-state index contributed by atoms with van der Waals surface area (Å²) in [6.45, 7) is 4.84. The van der Waals surface area contributed by atoms with Crippen LogP contribution < -0.4 is 14.8 Å². The second-order valence-electron chi connectivity index (χ2n) is 5.39. The molecular weight excluding hydrogens is 304 g/mol. The van der Waals surface area contributed by atoms with Crippen LogP contribution in [-0.2, 0) is 0 Å². The Hall–Kier alpha value is -1.46. The van der Waals surface area contributed by atoms with E-state index in [-0.39, 0.29) is 5.91 Å². The number of hydrogen-bond acceptors (Lipinski definition) is 4. The normalized spacial score (nSPS) is 17.6. The molecule has 1 aliphatic rings. The average Bonchev–Trinajstić information content (AvgIpc) is 2.97. The molecule has 1 unspecified atom stereocenters. The molecule has 1 aromatic carbocycles. The quantitative estimate of drug-likeness (QED) is 0.872. The first-order valence-electron chi connectivity index (χ1n) is 7.54. The van der Waals surface area contributed by atoms with Gasteiger partial charge in [-0.3, -0.25) is 4.79 Å². The zero-order valence-electron chi connectivity index (χ0n) is 13.3. The van der Waals surface area contributed by atoms with E-state index in [0.717, 1.165) is 26.1 Å². The number of amides is 1. The van der Waals surface area contributed by atoms with Crippen LogP contribution in [0.5, 0.6) is 11.5 Å². The summed E-state index contributed by atoms with van der Waals surface area (Å²) in [6, 6.07) is 3.35. The molecule has 0 spiro atoms. The number of methoxy groups -OCH3 is 1. The Morgan fingerprint density at radius 2 is 2.27 bits per heavy atom. The summed E-state index contributed by atoms with van der Waals surface area (Å²) < 4.78 is 10.8. The first-order chi connectivity index (χ1) is 10.6. The summed E-state index contributed by atoms with van der Waals surface area (Å²) in [6.07, 6.45) is 1.02. The lowest BCUT2D eigenvalue weighted by molar-refractivity contribution is 0.0787. The molecule has 1 aromatic rings. The molecule has 1 N–H and O–H groups in total. The van der Waals surface area contributed by atoms with Gasteiger partial charge in [-0.1, -0.05) is 11.6 Å². The van der Waals surface area contributed by atoms with Crippen molar-refractivity contribution in [3.8, 4) is 11.5 Å². The summed E-state index contributed by atoms with van der Waals surface area (Å²) >= 11 is 6.24. The highest BCUT2D eigenvalue weighted by Crippen LogP contribution is 2.37. The number of carbonyl (C=O) groups excluding carboxylic acids is 1. The van der Waals surface area contributed by atoms with Crippen molar-refractivity contribution in [1.29, 1.82) is 0 Å². The van der Waals surface area contributed by atoms with E-state index >= 15 is 0 Å². The van der Waals surface area contributed by atoms with E-state index in [1.54, 1.807) is 19.2 Å². The monoisotopic (exact) mass is 326 g/mol. The lowest BCUT2D eigenvalue weighted by atomic mass is 10.1. The number of hydrogen-bond donors (Lipinski definition) is 1. The van der Waals surface area contributed by atoms with Gasteiger partial charge < -0.3 is 19.7 Å². The van der Waals surface area contributed by atoms with E-state index < -0.39 is 0 Å². The molecule has 1 heterocycles. The van der Waals surface area contributed by atoms with Crippen LogP contribution >= 0.6 is 11.6 Å². The molecule has 5 nitrogen and oxygen atoms in total. The standard InChI is InChI=1S/C16H23ClN2O3/c1-4-22-15-13(17)7-12(8-14(15)21-3)16(20)19-6-5-11(10-19)9-18-2/h7-8,11,18H,4-6,9-10H2,1-3H3. The van der Waals surface area contributed by atoms with Crippen LogP contribution in [0.2, 0.25) is 5.02 Å². The fourth-order valence-electron chi connectivity index (χ4n) is 2.78. The lowest BCUT2D eigenvalue weighted by Gasteiger charge is -2.18. The molecule has 1 amide bonds. The summed E-state index contributed by atoms with van der Waals surface area (Å²) in [5, 5.41) is 3.56. The fraction of sp³-hybridized carbons (Fsp3) is 0.562. The summed E-state index contributed by atoms with van der Waals surface area (Å²) in [5.74, 6) is 1.47. The molecule has 1 saturated heterocycles. The van der Waals surface area contributed by atoms with Gasteiger partial charge in [-0.2, -0.15) is 0 Å². The molecule has 122 valence electrons. The van der Waals surface area contributed by atoms with Crippen LogP contribution in [0.3, 0.4) is 0 Å². The molecule has 1 aliphatic heterocycles. The Labute approximate surface area is 136 Å². The third-order valence-electron chi connectivity index (χ3n) is 3.83. The van der Waals surface area contributed by atoms with Crippen molar-refractivity contribution in [1.82, 2.24) is 10.2 Å². The van der Waals surface area contributed by atoms with Gasteiger partial charge >= 0.3 is 0 Å². The van der Waals surface area contributed by atoms with E-state index in [1.165, 1.54) is 0 Å². The van der Waals surface area contributed by atoms with Gasteiger partial charge in [0.2, 0.25) is 0 Å². The van der Waals surface area contributed by atoms with Gasteiger partial charge in [0.05, 0.1) is 18.7 Å². The number of carbonyl (C=O) groups is 1. The molecule has 1 fully saturated rings. The lowest BCUT2D eigenvalue weighted by Crippen LogP contribution is -2.30. The Morgan fingerprint density at radius 3 is 2.91 bits per heavy atom. The number of likely N-dealkylation sites (tertiary alicyclic amines) is 1. The number of nitrogens with zero attached hydrogens (tertiary/aromatic N) is 1. The minimum absolute atomic E-state index is 0.0122. The molecule has 2 rings (SSSR count). The highest BCUT2D eigenvalue weighted by atomic mass is 35.5. The molecule has 0 aromatic heterocycles. The summed E-state index contributed by atoms with van der Waals surface area (Å²) in [4.78, 5) is 14.5. The van der Waals surface area contributed by atoms with E-state index in [0.29, 0.717) is 34.6 Å². The largest absolute Gasteiger partial charge is 0.493 e. The summed E-state index contributed by atoms with van der Waals surface area (Å²) in [5.41, 5.74) is 0.537. The molecule has 0 saturated carbocycles. The van der Waals surface area contributed by atoms with Crippen molar-refractivity contribution in [2.75, 3.05) is 40.4 Å². The van der Waals surface area contributed by atoms with Gasteiger partial charge in [0.25, 0.3) is 5.91 Å². The van der Waals surface area contributed by atoms with Crippen LogP contribution in [0.4, 0.5) is 0 Å². The van der Waals surface area contributed by atoms with Crippen LogP contribution in [0.1, 0.15) is 23.7 Å². The second-order valence-corrected chi connectivity index (χ2v) is 5.79. The van der Waals surface area contributed by atoms with Gasteiger partial charge in [-0.25, -0.2) is 0 Å². The number of ether oxygens (including phenoxy) is 2. The predicted molar refractivity (Wildman–Crippen MR) is 87.1 cm³/mol. The Kier molecular flexibility index (Phi) is 5.91. The van der Waals surface area contributed by atoms with Crippen LogP contribution in [-0.4, -0.2) is 51.2 Å². The van der Waals surface area contributed by atoms with Crippen molar-refractivity contribution >= 4 is 17.5 Å². The topological polar surface area (TPSA) is 50.8 Å². The van der Waals surface area contributed by atoms with Crippen molar-refractivity contribution in [3.05, 3.63) is 22.7 Å². The smallest absolute Gasteiger partial charge is 0.254 e. The maximum absolute atomic E-state index is 12.6. The van der Waals surface area contributed by atoms with Gasteiger partial charge in [0, 0.05) is 18.7 Å². The van der Waals surface area contributed by atoms with Crippen molar-refractivity contribution in [2.45, 2.75) is 13.3 Å². The Bertz CT molecular complexity index is 536. The first kappa shape index (κ1) is 16.9. The predicted octanol–water partition coefficient (Wildman–Crippen LogP) is 2.43. The van der Waals surface area contributed by atoms with Crippen LogP contribution in [0, 0.1) is 5.92 Å². The average molecular weight is 327 g/mol. The molecule has 1 atom stereocenters. The first-order valence-corrected chi connectivity index (χ1v) is 7.92. The second kappa shape index (κ2) is 7.70. The van der Waals surface area contributed by atoms with Gasteiger partial charge in [0.15, 0.2) is 11.5 Å². The van der Waals surface area contributed by atoms with Crippen molar-refractivity contribution < 1.29 is 14.3 Å². The molecule has 0 bridgehead atoms.